The predicted octanol–water partition coefficient (Wildman–Crippen LogP) is 3.10. The molecular weight excluding hydrogens is 330 g/mol. The van der Waals surface area contributed by atoms with Gasteiger partial charge in [0.05, 0.1) is 17.5 Å². The Balaban J connectivity index is 2.04. The van der Waals surface area contributed by atoms with Crippen LogP contribution >= 0.6 is 0 Å². The van der Waals surface area contributed by atoms with Crippen molar-refractivity contribution < 1.29 is 22.1 Å². The third-order valence-electron chi connectivity index (χ3n) is 3.74. The molecule has 0 aromatic heterocycles. The molecule has 1 fully saturated rings. The van der Waals surface area contributed by atoms with E-state index in [4.69, 9.17) is 8.92 Å². The van der Waals surface area contributed by atoms with Gasteiger partial charge in [0, 0.05) is 6.04 Å². The van der Waals surface area contributed by atoms with Crippen LogP contribution in [0.4, 0.5) is 4.79 Å². The van der Waals surface area contributed by atoms with Crippen molar-refractivity contribution in [2.45, 2.75) is 63.7 Å². The average molecular weight is 355 g/mol. The first-order valence-corrected chi connectivity index (χ1v) is 9.38. The Morgan fingerprint density at radius 3 is 2.33 bits per heavy atom. The molecule has 0 bridgehead atoms. The molecule has 7 heteroatoms. The number of amides is 1. The van der Waals surface area contributed by atoms with E-state index < -0.39 is 27.9 Å². The van der Waals surface area contributed by atoms with E-state index in [1.807, 2.05) is 13.8 Å². The summed E-state index contributed by atoms with van der Waals surface area (Å²) < 4.78 is 35.4. The lowest BCUT2D eigenvalue weighted by molar-refractivity contribution is 0.0224. The minimum atomic E-state index is -3.85. The monoisotopic (exact) mass is 355 g/mol. The van der Waals surface area contributed by atoms with Crippen molar-refractivity contribution in [1.29, 1.82) is 0 Å². The van der Waals surface area contributed by atoms with Crippen LogP contribution in [0.1, 0.15) is 39.7 Å². The van der Waals surface area contributed by atoms with Crippen molar-refractivity contribution in [3.05, 3.63) is 29.8 Å². The maximum absolute atomic E-state index is 12.4. The van der Waals surface area contributed by atoms with Gasteiger partial charge in [0.2, 0.25) is 0 Å². The SMILES string of the molecule is Cc1ccc(S(=O)(=O)O[C@H]2C[C@H](C)N(C(=O)OC(C)(C)C)C2)cc1. The lowest BCUT2D eigenvalue weighted by Crippen LogP contribution is -2.39. The van der Waals surface area contributed by atoms with Gasteiger partial charge in [0.25, 0.3) is 10.1 Å². The molecule has 0 unspecified atom stereocenters. The standard InChI is InChI=1S/C17H25NO5S/c1-12-6-8-15(9-7-12)24(20,21)23-14-10-13(2)18(11-14)16(19)22-17(3,4)5/h6-9,13-14H,10-11H2,1-5H3/t13-,14-/m0/s1. The largest absolute Gasteiger partial charge is 0.444 e. The number of likely N-dealkylation sites (tertiary alicyclic amines) is 1. The molecule has 24 heavy (non-hydrogen) atoms. The Kier molecular flexibility index (Phi) is 5.25. The normalized spacial score (nSPS) is 21.8. The topological polar surface area (TPSA) is 72.9 Å². The fourth-order valence-corrected chi connectivity index (χ4v) is 3.64. The van der Waals surface area contributed by atoms with Gasteiger partial charge in [-0.15, -0.1) is 0 Å². The van der Waals surface area contributed by atoms with Crippen molar-refractivity contribution in [3.8, 4) is 0 Å². The predicted molar refractivity (Wildman–Crippen MR) is 90.3 cm³/mol. The molecule has 0 saturated carbocycles. The van der Waals surface area contributed by atoms with Crippen LogP contribution in [-0.2, 0) is 19.0 Å². The van der Waals surface area contributed by atoms with E-state index in [-0.39, 0.29) is 17.5 Å². The van der Waals surface area contributed by atoms with Gasteiger partial charge in [0.1, 0.15) is 5.60 Å². The molecule has 2 rings (SSSR count). The number of benzene rings is 1. The first kappa shape index (κ1) is 18.7. The summed E-state index contributed by atoms with van der Waals surface area (Å²) in [6.45, 7) is 9.31. The molecule has 0 spiro atoms. The van der Waals surface area contributed by atoms with Crippen LogP contribution in [-0.4, -0.2) is 43.7 Å². The Bertz CT molecular complexity index is 691. The lowest BCUT2D eigenvalue weighted by Gasteiger charge is -2.26. The molecule has 1 amide bonds. The van der Waals surface area contributed by atoms with Crippen molar-refractivity contribution in [3.63, 3.8) is 0 Å². The Morgan fingerprint density at radius 2 is 1.79 bits per heavy atom. The second-order valence-electron chi connectivity index (χ2n) is 7.20. The molecular formula is C17H25NO5S. The summed E-state index contributed by atoms with van der Waals surface area (Å²) in [7, 11) is -3.85. The van der Waals surface area contributed by atoms with E-state index in [1.54, 1.807) is 32.9 Å². The van der Waals surface area contributed by atoms with Crippen LogP contribution in [0.25, 0.3) is 0 Å². The summed E-state index contributed by atoms with van der Waals surface area (Å²) in [5.74, 6) is 0. The fraction of sp³-hybridized carbons (Fsp3) is 0.588. The molecule has 1 aliphatic heterocycles. The van der Waals surface area contributed by atoms with Gasteiger partial charge >= 0.3 is 6.09 Å². The average Bonchev–Trinajstić information content (AvgIpc) is 2.77. The zero-order chi connectivity index (χ0) is 18.1. The maximum atomic E-state index is 12.4. The highest BCUT2D eigenvalue weighted by molar-refractivity contribution is 7.86. The van der Waals surface area contributed by atoms with Gasteiger partial charge in [0.15, 0.2) is 0 Å². The number of carbonyl (C=O) groups is 1. The molecule has 1 aromatic carbocycles. The van der Waals surface area contributed by atoms with Gasteiger partial charge in [-0.3, -0.25) is 4.18 Å². The highest BCUT2D eigenvalue weighted by Crippen LogP contribution is 2.26. The summed E-state index contributed by atoms with van der Waals surface area (Å²) in [5, 5.41) is 0. The molecule has 1 aromatic rings. The zero-order valence-electron chi connectivity index (χ0n) is 14.8. The van der Waals surface area contributed by atoms with Crippen molar-refractivity contribution in [2.75, 3.05) is 6.54 Å². The molecule has 0 aliphatic carbocycles. The number of rotatable bonds is 3. The third-order valence-corrected chi connectivity index (χ3v) is 5.11. The van der Waals surface area contributed by atoms with E-state index in [1.165, 1.54) is 17.0 Å². The molecule has 0 N–H and O–H groups in total. The minimum absolute atomic E-state index is 0.122. The van der Waals surface area contributed by atoms with Crippen LogP contribution < -0.4 is 0 Å². The first-order valence-electron chi connectivity index (χ1n) is 7.97. The summed E-state index contributed by atoms with van der Waals surface area (Å²) in [4.78, 5) is 13.8. The molecule has 134 valence electrons. The molecule has 1 heterocycles. The number of aryl methyl sites for hydroxylation is 1. The lowest BCUT2D eigenvalue weighted by atomic mass is 10.2. The summed E-state index contributed by atoms with van der Waals surface area (Å²) >= 11 is 0. The second kappa shape index (κ2) is 6.72. The summed E-state index contributed by atoms with van der Waals surface area (Å²) in [5.41, 5.74) is 0.378. The zero-order valence-corrected chi connectivity index (χ0v) is 15.6. The molecule has 1 aliphatic rings. The fourth-order valence-electron chi connectivity index (χ4n) is 2.57. The van der Waals surface area contributed by atoms with Crippen LogP contribution in [0.3, 0.4) is 0 Å². The molecule has 6 nitrogen and oxygen atoms in total. The van der Waals surface area contributed by atoms with Gasteiger partial charge in [-0.2, -0.15) is 8.42 Å². The van der Waals surface area contributed by atoms with Gasteiger partial charge in [-0.1, -0.05) is 17.7 Å². The minimum Gasteiger partial charge on any atom is -0.444 e. The first-order chi connectivity index (χ1) is 11.0. The summed E-state index contributed by atoms with van der Waals surface area (Å²) in [6.07, 6.45) is -0.572. The number of hydrogen-bond donors (Lipinski definition) is 0. The van der Waals surface area contributed by atoms with E-state index in [9.17, 15) is 13.2 Å². The highest BCUT2D eigenvalue weighted by atomic mass is 32.2. The van der Waals surface area contributed by atoms with Crippen LogP contribution in [0.2, 0.25) is 0 Å². The van der Waals surface area contributed by atoms with Gasteiger partial charge < -0.3 is 9.64 Å². The van der Waals surface area contributed by atoms with Crippen LogP contribution in [0.5, 0.6) is 0 Å². The Morgan fingerprint density at radius 1 is 1.21 bits per heavy atom. The van der Waals surface area contributed by atoms with E-state index in [0.717, 1.165) is 5.56 Å². The van der Waals surface area contributed by atoms with Crippen LogP contribution in [0.15, 0.2) is 29.2 Å². The Labute approximate surface area is 143 Å². The second-order valence-corrected chi connectivity index (χ2v) is 8.77. The van der Waals surface area contributed by atoms with Gasteiger partial charge in [-0.25, -0.2) is 4.79 Å². The number of carbonyl (C=O) groups excluding carboxylic acids is 1. The van der Waals surface area contributed by atoms with Gasteiger partial charge in [-0.05, 0) is 53.2 Å². The van der Waals surface area contributed by atoms with E-state index in [2.05, 4.69) is 0 Å². The highest BCUT2D eigenvalue weighted by Gasteiger charge is 2.38. The maximum Gasteiger partial charge on any atom is 0.410 e. The smallest absolute Gasteiger partial charge is 0.410 e. The van der Waals surface area contributed by atoms with Crippen molar-refractivity contribution in [1.82, 2.24) is 4.90 Å². The summed E-state index contributed by atoms with van der Waals surface area (Å²) in [6, 6.07) is 6.35. The molecule has 2 atom stereocenters. The number of ether oxygens (including phenoxy) is 1. The van der Waals surface area contributed by atoms with E-state index in [0.29, 0.717) is 6.42 Å². The van der Waals surface area contributed by atoms with Crippen molar-refractivity contribution >= 4 is 16.2 Å². The quantitative estimate of drug-likeness (QED) is 0.779. The van der Waals surface area contributed by atoms with Crippen LogP contribution in [0, 0.1) is 6.92 Å². The van der Waals surface area contributed by atoms with Crippen molar-refractivity contribution in [2.24, 2.45) is 0 Å². The molecule has 1 saturated heterocycles. The number of nitrogens with zero attached hydrogens (tertiary/aromatic N) is 1. The third kappa shape index (κ3) is 4.70. The Hall–Kier alpha value is -1.60. The molecule has 0 radical (unpaired) electrons. The number of hydrogen-bond acceptors (Lipinski definition) is 5. The van der Waals surface area contributed by atoms with E-state index >= 15 is 0 Å².